The van der Waals surface area contributed by atoms with Crippen LogP contribution in [0.25, 0.3) is 10.9 Å². The first-order valence-corrected chi connectivity index (χ1v) is 7.52. The summed E-state index contributed by atoms with van der Waals surface area (Å²) in [7, 11) is 0. The summed E-state index contributed by atoms with van der Waals surface area (Å²) in [4.78, 5) is 0. The Kier molecular flexibility index (Phi) is 4.07. The van der Waals surface area contributed by atoms with Gasteiger partial charge in [-0.3, -0.25) is 0 Å². The van der Waals surface area contributed by atoms with Crippen molar-refractivity contribution in [1.29, 1.82) is 0 Å². The summed E-state index contributed by atoms with van der Waals surface area (Å²) in [6.07, 6.45) is 3.05. The predicted molar refractivity (Wildman–Crippen MR) is 87.6 cm³/mol. The second-order valence-corrected chi connectivity index (χ2v) is 5.63. The Labute approximate surface area is 125 Å². The maximum absolute atomic E-state index is 9.21. The Morgan fingerprint density at radius 3 is 2.48 bits per heavy atom. The van der Waals surface area contributed by atoms with E-state index in [1.165, 1.54) is 22.0 Å². The number of hydrogen-bond acceptors (Lipinski definition) is 1. The first-order valence-electron chi connectivity index (χ1n) is 7.52. The monoisotopic (exact) mass is 279 g/mol. The van der Waals surface area contributed by atoms with E-state index in [9.17, 15) is 5.11 Å². The molecule has 0 unspecified atom stereocenters. The van der Waals surface area contributed by atoms with E-state index in [4.69, 9.17) is 0 Å². The minimum absolute atomic E-state index is 0.235. The Bertz CT molecular complexity index is 715. The molecule has 1 N–H and O–H groups in total. The van der Waals surface area contributed by atoms with Gasteiger partial charge < -0.3 is 9.67 Å². The second-order valence-electron chi connectivity index (χ2n) is 5.63. The van der Waals surface area contributed by atoms with Gasteiger partial charge in [0.2, 0.25) is 0 Å². The van der Waals surface area contributed by atoms with E-state index in [2.05, 4.69) is 66.2 Å². The largest absolute Gasteiger partial charge is 0.396 e. The summed E-state index contributed by atoms with van der Waals surface area (Å²) in [5.41, 5.74) is 3.90. The molecule has 0 aliphatic carbocycles. The van der Waals surface area contributed by atoms with E-state index >= 15 is 0 Å². The normalized spacial score (nSPS) is 12.7. The predicted octanol–water partition coefficient (Wildman–Crippen LogP) is 4.18. The van der Waals surface area contributed by atoms with Gasteiger partial charge in [0.25, 0.3) is 0 Å². The van der Waals surface area contributed by atoms with Crippen LogP contribution in [0.1, 0.15) is 30.4 Å². The Hall–Kier alpha value is -2.06. The molecule has 0 saturated heterocycles. The van der Waals surface area contributed by atoms with Gasteiger partial charge in [0, 0.05) is 30.3 Å². The highest BCUT2D eigenvalue weighted by atomic mass is 16.3. The summed E-state index contributed by atoms with van der Waals surface area (Å²) in [5.74, 6) is 0.372. The molecule has 0 aliphatic rings. The molecular weight excluding hydrogens is 258 g/mol. The minimum Gasteiger partial charge on any atom is -0.396 e. The Morgan fingerprint density at radius 2 is 1.71 bits per heavy atom. The van der Waals surface area contributed by atoms with Crippen LogP contribution in [-0.4, -0.2) is 16.3 Å². The van der Waals surface area contributed by atoms with E-state index in [0.717, 1.165) is 13.0 Å². The lowest BCUT2D eigenvalue weighted by molar-refractivity contribution is 0.279. The van der Waals surface area contributed by atoms with Crippen LogP contribution in [0.2, 0.25) is 0 Å². The fraction of sp³-hybridized carbons (Fsp3) is 0.263. The van der Waals surface area contributed by atoms with Gasteiger partial charge in [-0.2, -0.15) is 0 Å². The lowest BCUT2D eigenvalue weighted by Crippen LogP contribution is -1.98. The fourth-order valence-corrected chi connectivity index (χ4v) is 2.93. The van der Waals surface area contributed by atoms with Gasteiger partial charge in [-0.25, -0.2) is 0 Å². The molecule has 2 heteroatoms. The van der Waals surface area contributed by atoms with Crippen molar-refractivity contribution in [2.45, 2.75) is 25.8 Å². The van der Waals surface area contributed by atoms with Crippen LogP contribution in [0.3, 0.4) is 0 Å². The molecule has 1 atom stereocenters. The lowest BCUT2D eigenvalue weighted by atomic mass is 9.98. The number of benzene rings is 2. The molecule has 21 heavy (non-hydrogen) atoms. The number of fused-ring (bicyclic) bond motifs is 1. The van der Waals surface area contributed by atoms with Crippen molar-refractivity contribution in [2.24, 2.45) is 0 Å². The molecule has 2 aromatic carbocycles. The van der Waals surface area contributed by atoms with E-state index in [0.29, 0.717) is 5.92 Å². The first-order chi connectivity index (χ1) is 10.3. The van der Waals surface area contributed by atoms with Crippen molar-refractivity contribution in [3.05, 3.63) is 71.9 Å². The van der Waals surface area contributed by atoms with Crippen molar-refractivity contribution < 1.29 is 5.11 Å². The van der Waals surface area contributed by atoms with Crippen molar-refractivity contribution in [3.63, 3.8) is 0 Å². The van der Waals surface area contributed by atoms with Crippen molar-refractivity contribution in [2.75, 3.05) is 6.61 Å². The van der Waals surface area contributed by atoms with Crippen LogP contribution in [0, 0.1) is 0 Å². The van der Waals surface area contributed by atoms with Crippen LogP contribution in [-0.2, 0) is 6.54 Å². The Balaban J connectivity index is 2.03. The average molecular weight is 279 g/mol. The molecule has 0 aliphatic heterocycles. The second kappa shape index (κ2) is 6.15. The van der Waals surface area contributed by atoms with Crippen LogP contribution >= 0.6 is 0 Å². The van der Waals surface area contributed by atoms with Gasteiger partial charge in [-0.05, 0) is 29.5 Å². The molecule has 0 fully saturated rings. The summed E-state index contributed by atoms with van der Waals surface area (Å²) in [6, 6.07) is 19.1. The van der Waals surface area contributed by atoms with Crippen molar-refractivity contribution in [3.8, 4) is 0 Å². The molecule has 0 spiro atoms. The highest BCUT2D eigenvalue weighted by Crippen LogP contribution is 2.29. The smallest absolute Gasteiger partial charge is 0.0486 e. The van der Waals surface area contributed by atoms with Gasteiger partial charge >= 0.3 is 0 Å². The standard InChI is InChI=1S/C19H21NO/c1-15(11-12-21)18-14-20(13-16-7-3-2-4-8-16)19-10-6-5-9-17(18)19/h2-10,14-15,21H,11-13H2,1H3/t15-/m1/s1. The summed E-state index contributed by atoms with van der Waals surface area (Å²) in [6.45, 7) is 3.30. The molecular formula is C19H21NO. The number of aromatic nitrogens is 1. The first kappa shape index (κ1) is 13.9. The van der Waals surface area contributed by atoms with Crippen LogP contribution < -0.4 is 0 Å². The molecule has 0 amide bonds. The highest BCUT2D eigenvalue weighted by Gasteiger charge is 2.13. The third-order valence-corrected chi connectivity index (χ3v) is 4.11. The van der Waals surface area contributed by atoms with Crippen molar-refractivity contribution >= 4 is 10.9 Å². The molecule has 2 nitrogen and oxygen atoms in total. The zero-order valence-electron chi connectivity index (χ0n) is 12.4. The van der Waals surface area contributed by atoms with Crippen LogP contribution in [0.5, 0.6) is 0 Å². The fourth-order valence-electron chi connectivity index (χ4n) is 2.93. The number of aliphatic hydroxyl groups excluding tert-OH is 1. The summed E-state index contributed by atoms with van der Waals surface area (Å²) < 4.78 is 2.31. The molecule has 108 valence electrons. The average Bonchev–Trinajstić information content (AvgIpc) is 2.88. The van der Waals surface area contributed by atoms with E-state index in [1.54, 1.807) is 0 Å². The van der Waals surface area contributed by atoms with E-state index < -0.39 is 0 Å². The van der Waals surface area contributed by atoms with Gasteiger partial charge in [0.1, 0.15) is 0 Å². The van der Waals surface area contributed by atoms with Crippen LogP contribution in [0.15, 0.2) is 60.8 Å². The molecule has 1 heterocycles. The molecule has 0 bridgehead atoms. The van der Waals surface area contributed by atoms with Gasteiger partial charge in [0.15, 0.2) is 0 Å². The third-order valence-electron chi connectivity index (χ3n) is 4.11. The number of para-hydroxylation sites is 1. The topological polar surface area (TPSA) is 25.2 Å². The number of rotatable bonds is 5. The van der Waals surface area contributed by atoms with Gasteiger partial charge in [-0.15, -0.1) is 0 Å². The molecule has 0 saturated carbocycles. The molecule has 0 radical (unpaired) electrons. The molecule has 3 aromatic rings. The van der Waals surface area contributed by atoms with E-state index in [-0.39, 0.29) is 6.61 Å². The SMILES string of the molecule is C[C@H](CCO)c1cn(Cc2ccccc2)c2ccccc12. The zero-order chi connectivity index (χ0) is 14.7. The number of aliphatic hydroxyl groups is 1. The highest BCUT2D eigenvalue weighted by molar-refractivity contribution is 5.84. The van der Waals surface area contributed by atoms with Gasteiger partial charge in [0.05, 0.1) is 0 Å². The Morgan fingerprint density at radius 1 is 1.00 bits per heavy atom. The maximum atomic E-state index is 9.21. The number of hydrogen-bond donors (Lipinski definition) is 1. The minimum atomic E-state index is 0.235. The number of nitrogens with zero attached hydrogens (tertiary/aromatic N) is 1. The molecule has 3 rings (SSSR count). The summed E-state index contributed by atoms with van der Waals surface area (Å²) in [5, 5.41) is 10.5. The quantitative estimate of drug-likeness (QED) is 0.745. The van der Waals surface area contributed by atoms with Gasteiger partial charge in [-0.1, -0.05) is 55.5 Å². The van der Waals surface area contributed by atoms with E-state index in [1.807, 2.05) is 6.07 Å². The maximum Gasteiger partial charge on any atom is 0.0486 e. The lowest BCUT2D eigenvalue weighted by Gasteiger charge is -2.08. The summed E-state index contributed by atoms with van der Waals surface area (Å²) >= 11 is 0. The zero-order valence-corrected chi connectivity index (χ0v) is 12.4. The van der Waals surface area contributed by atoms with Crippen LogP contribution in [0.4, 0.5) is 0 Å². The third kappa shape index (κ3) is 2.86. The molecule has 1 aromatic heterocycles. The van der Waals surface area contributed by atoms with Crippen molar-refractivity contribution in [1.82, 2.24) is 4.57 Å².